The Morgan fingerprint density at radius 1 is 1.03 bits per heavy atom. The molecule has 1 aromatic rings. The average Bonchev–Trinajstić information content (AvgIpc) is 2.67. The van der Waals surface area contributed by atoms with Crippen molar-refractivity contribution < 1.29 is 8.42 Å². The van der Waals surface area contributed by atoms with Crippen molar-refractivity contribution in [2.24, 2.45) is 4.99 Å². The van der Waals surface area contributed by atoms with Gasteiger partial charge in [-0.1, -0.05) is 30.7 Å². The molecule has 9 heteroatoms. The lowest BCUT2D eigenvalue weighted by Gasteiger charge is -2.26. The fourth-order valence-corrected chi connectivity index (χ4v) is 3.71. The van der Waals surface area contributed by atoms with E-state index < -0.39 is 10.0 Å². The van der Waals surface area contributed by atoms with Crippen LogP contribution in [0, 0.1) is 0 Å². The molecule has 1 fully saturated rings. The van der Waals surface area contributed by atoms with Crippen LogP contribution in [0.5, 0.6) is 0 Å². The Morgan fingerprint density at radius 3 is 2.31 bits per heavy atom. The van der Waals surface area contributed by atoms with Gasteiger partial charge in [-0.05, 0) is 50.4 Å². The number of nitrogens with one attached hydrogen (secondary N) is 3. The van der Waals surface area contributed by atoms with Gasteiger partial charge in [0.1, 0.15) is 0 Å². The molecule has 0 bridgehead atoms. The Bertz CT molecular complexity index is 704. The lowest BCUT2D eigenvalue weighted by atomic mass is 10.1. The summed E-state index contributed by atoms with van der Waals surface area (Å²) in [7, 11) is -3.12. The van der Waals surface area contributed by atoms with E-state index in [0.29, 0.717) is 26.1 Å². The van der Waals surface area contributed by atoms with E-state index in [-0.39, 0.29) is 24.0 Å². The average molecular weight is 538 g/mol. The van der Waals surface area contributed by atoms with Crippen LogP contribution in [0.4, 0.5) is 0 Å². The Balaban J connectivity index is 0.00000420. The van der Waals surface area contributed by atoms with Crippen molar-refractivity contribution in [3.05, 3.63) is 35.4 Å². The first-order chi connectivity index (χ1) is 13.5. The number of hydrogen-bond acceptors (Lipinski definition) is 4. The van der Waals surface area contributed by atoms with Crippen LogP contribution in [0.2, 0.25) is 0 Å². The summed E-state index contributed by atoms with van der Waals surface area (Å²) in [5, 5.41) is 6.46. The predicted octanol–water partition coefficient (Wildman–Crippen LogP) is 2.28. The number of guanidine groups is 1. The molecule has 1 aliphatic rings. The number of sulfonamides is 1. The molecule has 0 aromatic heterocycles. The Hall–Kier alpha value is -0.910. The Kier molecular flexibility index (Phi) is 12.8. The molecular weight excluding hydrogens is 501 g/mol. The van der Waals surface area contributed by atoms with Gasteiger partial charge < -0.3 is 10.6 Å². The highest BCUT2D eigenvalue weighted by atomic mass is 127. The predicted molar refractivity (Wildman–Crippen MR) is 131 cm³/mol. The lowest BCUT2D eigenvalue weighted by molar-refractivity contribution is 0.221. The normalized spacial score (nSPS) is 15.6. The molecule has 0 radical (unpaired) electrons. The first-order valence-electron chi connectivity index (χ1n) is 10.2. The molecule has 0 spiro atoms. The summed E-state index contributed by atoms with van der Waals surface area (Å²) in [6.07, 6.45) is 5.87. The number of rotatable bonds is 10. The molecule has 0 saturated carbocycles. The molecular formula is C20H36IN5O2S. The summed E-state index contributed by atoms with van der Waals surface area (Å²) < 4.78 is 24.6. The molecule has 0 amide bonds. The van der Waals surface area contributed by atoms with Gasteiger partial charge in [0.05, 0.1) is 12.8 Å². The monoisotopic (exact) mass is 537 g/mol. The van der Waals surface area contributed by atoms with Crippen molar-refractivity contribution in [1.82, 2.24) is 20.3 Å². The summed E-state index contributed by atoms with van der Waals surface area (Å²) in [4.78, 5) is 7.15. The quantitative estimate of drug-likeness (QED) is 0.185. The van der Waals surface area contributed by atoms with Crippen LogP contribution in [0.1, 0.15) is 43.7 Å². The number of piperidine rings is 1. The molecule has 1 aromatic carbocycles. The van der Waals surface area contributed by atoms with E-state index in [1.807, 2.05) is 6.92 Å². The number of hydrogen-bond donors (Lipinski definition) is 3. The van der Waals surface area contributed by atoms with Gasteiger partial charge in [0.15, 0.2) is 5.96 Å². The van der Waals surface area contributed by atoms with E-state index in [2.05, 4.69) is 49.5 Å². The fourth-order valence-electron chi connectivity index (χ4n) is 3.19. The minimum atomic E-state index is -3.12. The topological polar surface area (TPSA) is 85.8 Å². The van der Waals surface area contributed by atoms with E-state index >= 15 is 0 Å². The minimum Gasteiger partial charge on any atom is -0.357 e. The van der Waals surface area contributed by atoms with Crippen LogP contribution in [0.15, 0.2) is 29.3 Å². The minimum absolute atomic E-state index is 0. The summed E-state index contributed by atoms with van der Waals surface area (Å²) in [6, 6.07) is 8.72. The third-order valence-corrected chi connectivity index (χ3v) is 5.38. The highest BCUT2D eigenvalue weighted by Gasteiger charge is 2.10. The molecule has 0 aliphatic carbocycles. The summed E-state index contributed by atoms with van der Waals surface area (Å²) in [5.41, 5.74) is 2.54. The largest absolute Gasteiger partial charge is 0.357 e. The second-order valence-corrected chi connectivity index (χ2v) is 9.13. The van der Waals surface area contributed by atoms with Gasteiger partial charge >= 0.3 is 0 Å². The molecule has 1 saturated heterocycles. The highest BCUT2D eigenvalue weighted by molar-refractivity contribution is 14.0. The van der Waals surface area contributed by atoms with Crippen LogP contribution in [0.3, 0.4) is 0 Å². The standard InChI is InChI=1S/C20H35N5O2S.HI/c1-3-21-20(22-12-7-13-24-28(2,26)27)23-16-18-8-10-19(11-9-18)17-25-14-5-4-6-15-25;/h8-11,24H,3-7,12-17H2,1-2H3,(H2,21,22,23);1H. The Morgan fingerprint density at radius 2 is 1.69 bits per heavy atom. The second-order valence-electron chi connectivity index (χ2n) is 7.30. The Labute approximate surface area is 193 Å². The molecule has 166 valence electrons. The zero-order valence-corrected chi connectivity index (χ0v) is 20.8. The number of aliphatic imine (C=N–C) groups is 1. The van der Waals surface area contributed by atoms with Gasteiger partial charge in [-0.3, -0.25) is 4.90 Å². The zero-order chi connectivity index (χ0) is 20.2. The zero-order valence-electron chi connectivity index (χ0n) is 17.6. The van der Waals surface area contributed by atoms with Gasteiger partial charge in [-0.2, -0.15) is 0 Å². The van der Waals surface area contributed by atoms with E-state index in [1.165, 1.54) is 49.7 Å². The van der Waals surface area contributed by atoms with Gasteiger partial charge in [0.2, 0.25) is 10.0 Å². The molecule has 29 heavy (non-hydrogen) atoms. The van der Waals surface area contributed by atoms with Crippen molar-refractivity contribution in [1.29, 1.82) is 0 Å². The maximum Gasteiger partial charge on any atom is 0.208 e. The SMILES string of the molecule is CCNC(=NCc1ccc(CN2CCCCC2)cc1)NCCCNS(C)(=O)=O.I. The van der Waals surface area contributed by atoms with Crippen LogP contribution in [-0.2, 0) is 23.1 Å². The third kappa shape index (κ3) is 11.8. The number of likely N-dealkylation sites (tertiary alicyclic amines) is 1. The van der Waals surface area contributed by atoms with Crippen molar-refractivity contribution in [3.63, 3.8) is 0 Å². The van der Waals surface area contributed by atoms with E-state index in [9.17, 15) is 8.42 Å². The summed E-state index contributed by atoms with van der Waals surface area (Å²) in [6.45, 7) is 7.95. The van der Waals surface area contributed by atoms with Crippen LogP contribution >= 0.6 is 24.0 Å². The van der Waals surface area contributed by atoms with Gasteiger partial charge in [0.25, 0.3) is 0 Å². The van der Waals surface area contributed by atoms with Gasteiger partial charge in [-0.25, -0.2) is 18.1 Å². The molecule has 1 heterocycles. The number of benzene rings is 1. The molecule has 2 rings (SSSR count). The van der Waals surface area contributed by atoms with E-state index in [0.717, 1.165) is 19.0 Å². The molecule has 7 nitrogen and oxygen atoms in total. The molecule has 1 aliphatic heterocycles. The number of nitrogens with zero attached hydrogens (tertiary/aromatic N) is 2. The van der Waals surface area contributed by atoms with Crippen molar-refractivity contribution in [2.45, 2.75) is 45.7 Å². The van der Waals surface area contributed by atoms with Crippen molar-refractivity contribution >= 4 is 40.0 Å². The molecule has 0 unspecified atom stereocenters. The lowest BCUT2D eigenvalue weighted by Crippen LogP contribution is -2.38. The molecule has 3 N–H and O–H groups in total. The van der Waals surface area contributed by atoms with Crippen molar-refractivity contribution in [3.8, 4) is 0 Å². The number of halogens is 1. The smallest absolute Gasteiger partial charge is 0.208 e. The summed E-state index contributed by atoms with van der Waals surface area (Å²) >= 11 is 0. The fraction of sp³-hybridized carbons (Fsp3) is 0.650. The molecule has 0 atom stereocenters. The van der Waals surface area contributed by atoms with Gasteiger partial charge in [-0.15, -0.1) is 24.0 Å². The van der Waals surface area contributed by atoms with E-state index in [4.69, 9.17) is 0 Å². The van der Waals surface area contributed by atoms with E-state index in [1.54, 1.807) is 0 Å². The van der Waals surface area contributed by atoms with Crippen LogP contribution in [-0.4, -0.2) is 58.3 Å². The third-order valence-electron chi connectivity index (χ3n) is 4.65. The first-order valence-corrected chi connectivity index (χ1v) is 12.1. The maximum atomic E-state index is 11.1. The maximum absolute atomic E-state index is 11.1. The second kappa shape index (κ2) is 14.2. The van der Waals surface area contributed by atoms with Crippen LogP contribution < -0.4 is 15.4 Å². The first kappa shape index (κ1) is 26.1. The van der Waals surface area contributed by atoms with Gasteiger partial charge in [0, 0.05) is 26.2 Å². The highest BCUT2D eigenvalue weighted by Crippen LogP contribution is 2.14. The summed E-state index contributed by atoms with van der Waals surface area (Å²) in [5.74, 6) is 0.749. The van der Waals surface area contributed by atoms with Crippen LogP contribution in [0.25, 0.3) is 0 Å². The van der Waals surface area contributed by atoms with Crippen molar-refractivity contribution in [2.75, 3.05) is 39.0 Å².